The molecule has 1 aliphatic carbocycles. The van der Waals surface area contributed by atoms with Crippen molar-refractivity contribution >= 4 is 43.3 Å². The molecule has 8 heteroatoms. The molecule has 2 aromatic heterocycles. The van der Waals surface area contributed by atoms with Crippen LogP contribution in [0.3, 0.4) is 0 Å². The predicted molar refractivity (Wildman–Crippen MR) is 124 cm³/mol. The largest absolute Gasteiger partial charge is 0.416 e. The molecule has 0 saturated heterocycles. The maximum atomic E-state index is 13.0. The number of hydrogen-bond acceptors (Lipinski definition) is 4. The normalized spacial score (nSPS) is 15.5. The first-order chi connectivity index (χ1) is 15.4. The standard InChI is InChI=1S/C24H23F3N4S/c1-15(24(25,26)27)17-8-10-21-20(12-17)28-14-31(21)13-16-7-9-19-22(11-16)32-23(30-19)29-18-5-3-2-4-6-18/h7-12,14,18H,1-6,13H2,(H,29,30). The third kappa shape index (κ3) is 4.24. The molecule has 32 heavy (non-hydrogen) atoms. The third-order valence-corrected chi connectivity index (χ3v) is 7.00. The van der Waals surface area contributed by atoms with Crippen molar-refractivity contribution in [2.75, 3.05) is 5.32 Å². The topological polar surface area (TPSA) is 42.7 Å². The minimum Gasteiger partial charge on any atom is -0.359 e. The van der Waals surface area contributed by atoms with E-state index in [1.165, 1.54) is 44.2 Å². The number of benzene rings is 2. The first kappa shape index (κ1) is 21.0. The van der Waals surface area contributed by atoms with Gasteiger partial charge in [-0.15, -0.1) is 0 Å². The van der Waals surface area contributed by atoms with Gasteiger partial charge >= 0.3 is 6.18 Å². The fourth-order valence-corrected chi connectivity index (χ4v) is 5.29. The molecule has 2 aromatic carbocycles. The maximum Gasteiger partial charge on any atom is 0.416 e. The van der Waals surface area contributed by atoms with Gasteiger partial charge in [-0.3, -0.25) is 0 Å². The molecule has 4 nitrogen and oxygen atoms in total. The summed E-state index contributed by atoms with van der Waals surface area (Å²) in [5.41, 5.74) is 2.55. The van der Waals surface area contributed by atoms with Crippen LogP contribution < -0.4 is 5.32 Å². The Morgan fingerprint density at radius 2 is 1.91 bits per heavy atom. The molecule has 0 unspecified atom stereocenters. The molecule has 4 aromatic rings. The minimum atomic E-state index is -4.45. The molecule has 166 valence electrons. The highest BCUT2D eigenvalue weighted by atomic mass is 32.1. The van der Waals surface area contributed by atoms with Gasteiger partial charge in [0, 0.05) is 12.6 Å². The minimum absolute atomic E-state index is 0.0410. The van der Waals surface area contributed by atoms with Crippen molar-refractivity contribution in [2.45, 2.75) is 50.9 Å². The number of nitrogens with zero attached hydrogens (tertiary/aromatic N) is 3. The van der Waals surface area contributed by atoms with Crippen molar-refractivity contribution in [3.05, 3.63) is 60.4 Å². The Morgan fingerprint density at radius 1 is 1.09 bits per heavy atom. The number of alkyl halides is 3. The van der Waals surface area contributed by atoms with Crippen molar-refractivity contribution in [1.29, 1.82) is 0 Å². The monoisotopic (exact) mass is 456 g/mol. The van der Waals surface area contributed by atoms with E-state index >= 15 is 0 Å². The van der Waals surface area contributed by atoms with E-state index in [1.807, 2.05) is 16.7 Å². The second-order valence-electron chi connectivity index (χ2n) is 8.35. The van der Waals surface area contributed by atoms with Gasteiger partial charge in [-0.05, 0) is 48.2 Å². The molecule has 0 amide bonds. The van der Waals surface area contributed by atoms with E-state index in [-0.39, 0.29) is 5.56 Å². The molecular formula is C24H23F3N4S. The summed E-state index contributed by atoms with van der Waals surface area (Å²) in [5.74, 6) is 0. The maximum absolute atomic E-state index is 13.0. The van der Waals surface area contributed by atoms with Crippen LogP contribution in [0.5, 0.6) is 0 Å². The van der Waals surface area contributed by atoms with Gasteiger partial charge in [-0.2, -0.15) is 13.2 Å². The number of allylic oxidation sites excluding steroid dienone is 1. The number of anilines is 1. The zero-order chi connectivity index (χ0) is 22.3. The molecule has 0 bridgehead atoms. The number of halogens is 3. The van der Waals surface area contributed by atoms with Crippen molar-refractivity contribution in [3.63, 3.8) is 0 Å². The van der Waals surface area contributed by atoms with Gasteiger partial charge in [0.25, 0.3) is 0 Å². The van der Waals surface area contributed by atoms with Gasteiger partial charge in [0.15, 0.2) is 5.13 Å². The van der Waals surface area contributed by atoms with E-state index in [9.17, 15) is 13.2 Å². The summed E-state index contributed by atoms with van der Waals surface area (Å²) >= 11 is 1.67. The van der Waals surface area contributed by atoms with Crippen molar-refractivity contribution in [2.24, 2.45) is 0 Å². The first-order valence-corrected chi connectivity index (χ1v) is 11.6. The van der Waals surface area contributed by atoms with Crippen molar-refractivity contribution in [3.8, 4) is 0 Å². The molecule has 0 aliphatic heterocycles. The predicted octanol–water partition coefficient (Wildman–Crippen LogP) is 7.01. The van der Waals surface area contributed by atoms with Crippen molar-refractivity contribution < 1.29 is 13.2 Å². The molecule has 0 radical (unpaired) electrons. The van der Waals surface area contributed by atoms with Gasteiger partial charge in [-0.1, -0.05) is 49.3 Å². The number of hydrogen-bond donors (Lipinski definition) is 1. The number of nitrogens with one attached hydrogen (secondary N) is 1. The van der Waals surface area contributed by atoms with Crippen LogP contribution in [0.2, 0.25) is 0 Å². The molecule has 0 atom stereocenters. The van der Waals surface area contributed by atoms with Gasteiger partial charge in [0.1, 0.15) is 0 Å². The summed E-state index contributed by atoms with van der Waals surface area (Å²) in [5, 5.41) is 4.56. The highest BCUT2D eigenvalue weighted by Crippen LogP contribution is 2.34. The number of thiazole rings is 1. The van der Waals surface area contributed by atoms with E-state index in [2.05, 4.69) is 22.9 Å². The Hall–Kier alpha value is -2.87. The molecule has 1 N–H and O–H groups in total. The molecule has 1 fully saturated rings. The Labute approximate surface area is 187 Å². The van der Waals surface area contributed by atoms with Crippen LogP contribution in [0.4, 0.5) is 18.3 Å². The van der Waals surface area contributed by atoms with Gasteiger partial charge in [-0.25, -0.2) is 9.97 Å². The summed E-state index contributed by atoms with van der Waals surface area (Å²) in [7, 11) is 0. The Balaban J connectivity index is 1.36. The summed E-state index contributed by atoms with van der Waals surface area (Å²) in [4.78, 5) is 9.04. The lowest BCUT2D eigenvalue weighted by Gasteiger charge is -2.22. The fraction of sp³-hybridized carbons (Fsp3) is 0.333. The average Bonchev–Trinajstić information content (AvgIpc) is 3.36. The quantitative estimate of drug-likeness (QED) is 0.351. The van der Waals surface area contributed by atoms with E-state index in [0.717, 1.165) is 26.4 Å². The highest BCUT2D eigenvalue weighted by molar-refractivity contribution is 7.22. The summed E-state index contributed by atoms with van der Waals surface area (Å²) in [6.45, 7) is 3.75. The van der Waals surface area contributed by atoms with Gasteiger partial charge in [0.2, 0.25) is 0 Å². The van der Waals surface area contributed by atoms with Crippen LogP contribution in [-0.2, 0) is 6.54 Å². The van der Waals surface area contributed by atoms with Crippen molar-refractivity contribution in [1.82, 2.24) is 14.5 Å². The summed E-state index contributed by atoms with van der Waals surface area (Å²) < 4.78 is 41.9. The average molecular weight is 457 g/mol. The fourth-order valence-electron chi connectivity index (χ4n) is 4.29. The van der Waals surface area contributed by atoms with Crippen LogP contribution in [-0.4, -0.2) is 26.8 Å². The molecule has 2 heterocycles. The molecule has 0 spiro atoms. The number of aromatic nitrogens is 3. The Kier molecular flexibility index (Phi) is 5.41. The lowest BCUT2D eigenvalue weighted by Crippen LogP contribution is -2.21. The second kappa shape index (κ2) is 8.24. The van der Waals surface area contributed by atoms with Gasteiger partial charge < -0.3 is 9.88 Å². The van der Waals surface area contributed by atoms with E-state index in [4.69, 9.17) is 4.98 Å². The molecular weight excluding hydrogens is 433 g/mol. The molecule has 1 saturated carbocycles. The number of imidazole rings is 1. The van der Waals surface area contributed by atoms with Gasteiger partial charge in [0.05, 0.1) is 33.2 Å². The zero-order valence-electron chi connectivity index (χ0n) is 17.5. The SMILES string of the molecule is C=C(c1ccc2c(c1)ncn2Cc1ccc2nc(NC3CCCCC3)sc2c1)C(F)(F)F. The Bertz CT molecular complexity index is 1280. The smallest absolute Gasteiger partial charge is 0.359 e. The lowest BCUT2D eigenvalue weighted by atomic mass is 9.96. The van der Waals surface area contributed by atoms with Crippen LogP contribution in [0.1, 0.15) is 43.2 Å². The van der Waals surface area contributed by atoms with E-state index in [0.29, 0.717) is 18.1 Å². The molecule has 1 aliphatic rings. The van der Waals surface area contributed by atoms with Crippen LogP contribution in [0.25, 0.3) is 26.8 Å². The number of rotatable bonds is 5. The van der Waals surface area contributed by atoms with Crippen LogP contribution in [0.15, 0.2) is 49.3 Å². The van der Waals surface area contributed by atoms with E-state index in [1.54, 1.807) is 23.7 Å². The van der Waals surface area contributed by atoms with Crippen LogP contribution in [0, 0.1) is 0 Å². The van der Waals surface area contributed by atoms with Crippen LogP contribution >= 0.6 is 11.3 Å². The summed E-state index contributed by atoms with van der Waals surface area (Å²) in [6.07, 6.45) is 3.49. The highest BCUT2D eigenvalue weighted by Gasteiger charge is 2.33. The zero-order valence-corrected chi connectivity index (χ0v) is 18.3. The lowest BCUT2D eigenvalue weighted by molar-refractivity contribution is -0.0686. The first-order valence-electron chi connectivity index (χ1n) is 10.7. The Morgan fingerprint density at radius 3 is 2.69 bits per heavy atom. The second-order valence-corrected chi connectivity index (χ2v) is 9.38. The molecule has 5 rings (SSSR count). The number of fused-ring (bicyclic) bond motifs is 2. The van der Waals surface area contributed by atoms with E-state index < -0.39 is 11.7 Å². The third-order valence-electron chi connectivity index (χ3n) is 6.05. The summed E-state index contributed by atoms with van der Waals surface area (Å²) in [6, 6.07) is 11.3.